The van der Waals surface area contributed by atoms with Gasteiger partial charge in [-0.1, -0.05) is 23.7 Å². The predicted octanol–water partition coefficient (Wildman–Crippen LogP) is 2.76. The fourth-order valence-electron chi connectivity index (χ4n) is 1.43. The van der Waals surface area contributed by atoms with E-state index >= 15 is 0 Å². The Morgan fingerprint density at radius 2 is 2.06 bits per heavy atom. The molecule has 0 aliphatic heterocycles. The quantitative estimate of drug-likeness (QED) is 0.809. The molecule has 0 radical (unpaired) electrons. The number of hydrogen-bond acceptors (Lipinski definition) is 5. The molecule has 6 heteroatoms. The van der Waals surface area contributed by atoms with E-state index in [-0.39, 0.29) is 0 Å². The molecule has 0 spiro atoms. The average molecular weight is 283 g/mol. The molecule has 0 N–H and O–H groups in total. The first-order valence-electron chi connectivity index (χ1n) is 5.34. The summed E-state index contributed by atoms with van der Waals surface area (Å²) < 4.78 is 8.70. The van der Waals surface area contributed by atoms with Gasteiger partial charge in [-0.2, -0.15) is 4.37 Å². The SMILES string of the molecule is COC(=O)c1nc(CCc2ccc(Cl)cc2)ns1. The van der Waals surface area contributed by atoms with Crippen molar-refractivity contribution in [3.8, 4) is 0 Å². The van der Waals surface area contributed by atoms with Crippen molar-refractivity contribution in [2.24, 2.45) is 0 Å². The number of halogens is 1. The van der Waals surface area contributed by atoms with Crippen molar-refractivity contribution in [2.45, 2.75) is 12.8 Å². The Bertz CT molecular complexity index is 539. The number of ether oxygens (including phenoxy) is 1. The van der Waals surface area contributed by atoms with E-state index in [0.717, 1.165) is 28.5 Å². The lowest BCUT2D eigenvalue weighted by Gasteiger charge is -1.98. The highest BCUT2D eigenvalue weighted by Crippen LogP contribution is 2.12. The third-order valence-electron chi connectivity index (χ3n) is 2.38. The van der Waals surface area contributed by atoms with Crippen LogP contribution in [0.3, 0.4) is 0 Å². The number of benzene rings is 1. The summed E-state index contributed by atoms with van der Waals surface area (Å²) in [6, 6.07) is 7.64. The van der Waals surface area contributed by atoms with E-state index in [2.05, 4.69) is 14.1 Å². The number of rotatable bonds is 4. The Morgan fingerprint density at radius 1 is 1.33 bits per heavy atom. The summed E-state index contributed by atoms with van der Waals surface area (Å²) in [5.41, 5.74) is 1.16. The van der Waals surface area contributed by atoms with Gasteiger partial charge < -0.3 is 4.74 Å². The first-order chi connectivity index (χ1) is 8.69. The maximum Gasteiger partial charge on any atom is 0.368 e. The van der Waals surface area contributed by atoms with E-state index in [9.17, 15) is 4.79 Å². The van der Waals surface area contributed by atoms with Crippen molar-refractivity contribution in [1.82, 2.24) is 9.36 Å². The van der Waals surface area contributed by atoms with Crippen LogP contribution in [0.4, 0.5) is 0 Å². The van der Waals surface area contributed by atoms with Crippen LogP contribution >= 0.6 is 23.1 Å². The first kappa shape index (κ1) is 13.0. The Balaban J connectivity index is 1.96. The zero-order valence-electron chi connectivity index (χ0n) is 9.72. The molecule has 0 atom stereocenters. The molecule has 0 aliphatic rings. The molecule has 0 amide bonds. The summed E-state index contributed by atoms with van der Waals surface area (Å²) in [5, 5.41) is 1.02. The topological polar surface area (TPSA) is 52.1 Å². The van der Waals surface area contributed by atoms with Gasteiger partial charge in [0.05, 0.1) is 7.11 Å². The molecule has 1 heterocycles. The van der Waals surface area contributed by atoms with E-state index in [0.29, 0.717) is 17.3 Å². The second-order valence-electron chi connectivity index (χ2n) is 3.63. The second kappa shape index (κ2) is 5.93. The van der Waals surface area contributed by atoms with Crippen LogP contribution in [0, 0.1) is 0 Å². The van der Waals surface area contributed by atoms with E-state index in [1.807, 2.05) is 24.3 Å². The van der Waals surface area contributed by atoms with E-state index in [1.54, 1.807) is 0 Å². The smallest absolute Gasteiger partial charge is 0.368 e. The molecule has 0 fully saturated rings. The Kier molecular flexibility index (Phi) is 4.28. The van der Waals surface area contributed by atoms with Gasteiger partial charge in [0.25, 0.3) is 0 Å². The highest BCUT2D eigenvalue weighted by atomic mass is 35.5. The van der Waals surface area contributed by atoms with Gasteiger partial charge in [0.2, 0.25) is 5.01 Å². The van der Waals surface area contributed by atoms with Crippen molar-refractivity contribution >= 4 is 29.1 Å². The molecular weight excluding hydrogens is 272 g/mol. The molecule has 18 heavy (non-hydrogen) atoms. The summed E-state index contributed by atoms with van der Waals surface area (Å²) in [5.74, 6) is 0.223. The number of aryl methyl sites for hydroxylation is 2. The minimum Gasteiger partial charge on any atom is -0.464 e. The van der Waals surface area contributed by atoms with Gasteiger partial charge in [-0.15, -0.1) is 0 Å². The molecule has 0 unspecified atom stereocenters. The van der Waals surface area contributed by atoms with Gasteiger partial charge in [-0.05, 0) is 35.6 Å². The molecule has 0 saturated carbocycles. The normalized spacial score (nSPS) is 10.3. The van der Waals surface area contributed by atoms with Crippen LogP contribution in [0.15, 0.2) is 24.3 Å². The van der Waals surface area contributed by atoms with Crippen LogP contribution in [0.1, 0.15) is 21.2 Å². The van der Waals surface area contributed by atoms with Crippen LogP contribution in [0.25, 0.3) is 0 Å². The Labute approximate surface area is 114 Å². The van der Waals surface area contributed by atoms with Gasteiger partial charge in [-0.3, -0.25) is 0 Å². The monoisotopic (exact) mass is 282 g/mol. The molecule has 4 nitrogen and oxygen atoms in total. The summed E-state index contributed by atoms with van der Waals surface area (Å²) >= 11 is 6.87. The molecule has 0 bridgehead atoms. The number of carbonyl (C=O) groups excluding carboxylic acids is 1. The van der Waals surface area contributed by atoms with Gasteiger partial charge in [0, 0.05) is 11.4 Å². The predicted molar refractivity (Wildman–Crippen MR) is 70.1 cm³/mol. The van der Waals surface area contributed by atoms with Gasteiger partial charge in [0.15, 0.2) is 0 Å². The van der Waals surface area contributed by atoms with E-state index in [4.69, 9.17) is 11.6 Å². The molecule has 2 rings (SSSR count). The second-order valence-corrected chi connectivity index (χ2v) is 4.82. The number of methoxy groups -OCH3 is 1. The minimum atomic E-state index is -0.440. The van der Waals surface area contributed by atoms with Crippen molar-refractivity contribution in [1.29, 1.82) is 0 Å². The fraction of sp³-hybridized carbons (Fsp3) is 0.250. The molecule has 1 aromatic heterocycles. The van der Waals surface area contributed by atoms with Crippen LogP contribution in [0.5, 0.6) is 0 Å². The maximum absolute atomic E-state index is 11.2. The van der Waals surface area contributed by atoms with E-state index in [1.165, 1.54) is 7.11 Å². The number of aromatic nitrogens is 2. The van der Waals surface area contributed by atoms with Crippen molar-refractivity contribution < 1.29 is 9.53 Å². The first-order valence-corrected chi connectivity index (χ1v) is 6.49. The van der Waals surface area contributed by atoms with Crippen LogP contribution < -0.4 is 0 Å². The van der Waals surface area contributed by atoms with Crippen molar-refractivity contribution in [2.75, 3.05) is 7.11 Å². The fourth-order valence-corrected chi connectivity index (χ4v) is 2.19. The Hall–Kier alpha value is -1.46. The molecular formula is C12H11ClN2O2S. The zero-order valence-corrected chi connectivity index (χ0v) is 11.3. The van der Waals surface area contributed by atoms with Crippen molar-refractivity contribution in [3.05, 3.63) is 45.7 Å². The van der Waals surface area contributed by atoms with Crippen LogP contribution in [-0.2, 0) is 17.6 Å². The lowest BCUT2D eigenvalue weighted by atomic mass is 10.1. The zero-order chi connectivity index (χ0) is 13.0. The van der Waals surface area contributed by atoms with Crippen LogP contribution in [0.2, 0.25) is 5.02 Å². The summed E-state index contributed by atoms with van der Waals surface area (Å²) in [6.07, 6.45) is 1.50. The van der Waals surface area contributed by atoms with E-state index < -0.39 is 5.97 Å². The molecule has 1 aromatic carbocycles. The largest absolute Gasteiger partial charge is 0.464 e. The summed E-state index contributed by atoms with van der Waals surface area (Å²) in [4.78, 5) is 15.3. The third kappa shape index (κ3) is 3.27. The lowest BCUT2D eigenvalue weighted by Crippen LogP contribution is -2.01. The Morgan fingerprint density at radius 3 is 2.72 bits per heavy atom. The molecule has 0 saturated heterocycles. The molecule has 94 valence electrons. The highest BCUT2D eigenvalue weighted by molar-refractivity contribution is 7.07. The maximum atomic E-state index is 11.2. The number of hydrogen-bond donors (Lipinski definition) is 0. The number of nitrogens with zero attached hydrogens (tertiary/aromatic N) is 2. The number of carbonyl (C=O) groups is 1. The van der Waals surface area contributed by atoms with Gasteiger partial charge >= 0.3 is 5.97 Å². The van der Waals surface area contributed by atoms with Crippen molar-refractivity contribution in [3.63, 3.8) is 0 Å². The average Bonchev–Trinajstić information content (AvgIpc) is 2.86. The van der Waals surface area contributed by atoms with Gasteiger partial charge in [0.1, 0.15) is 5.82 Å². The molecule has 2 aromatic rings. The van der Waals surface area contributed by atoms with Crippen LogP contribution in [-0.4, -0.2) is 22.4 Å². The third-order valence-corrected chi connectivity index (χ3v) is 3.36. The summed E-state index contributed by atoms with van der Waals surface area (Å²) in [7, 11) is 1.33. The molecule has 0 aliphatic carbocycles. The standard InChI is InChI=1S/C12H11ClN2O2S/c1-17-12(16)11-14-10(15-18-11)7-4-8-2-5-9(13)6-3-8/h2-3,5-6H,4,7H2,1H3. The number of esters is 1. The lowest BCUT2D eigenvalue weighted by molar-refractivity contribution is 0.0600. The van der Waals surface area contributed by atoms with Gasteiger partial charge in [-0.25, -0.2) is 9.78 Å². The highest BCUT2D eigenvalue weighted by Gasteiger charge is 2.12. The summed E-state index contributed by atoms with van der Waals surface area (Å²) in [6.45, 7) is 0. The minimum absolute atomic E-state index is 0.295.